The highest BCUT2D eigenvalue weighted by molar-refractivity contribution is 7.92. The number of sulfonamides is 1. The maximum Gasteiger partial charge on any atom is 0.249 e. The first-order chi connectivity index (χ1) is 16.8. The van der Waals surface area contributed by atoms with Crippen molar-refractivity contribution in [1.82, 2.24) is 20.5 Å². The van der Waals surface area contributed by atoms with E-state index in [1.807, 2.05) is 18.2 Å². The topological polar surface area (TPSA) is 113 Å². The molecule has 2 fully saturated rings. The Morgan fingerprint density at radius 2 is 1.97 bits per heavy atom. The molecule has 0 unspecified atom stereocenters. The molecule has 0 spiro atoms. The second kappa shape index (κ2) is 9.75. The molecule has 1 saturated heterocycles. The SMILES string of the molecule is CN(c1nc(NCC2CC2)cc(-c2nnc([C@H]3NCCC[C@H]3c3ccccc3)o2)c1Cl)S(C)(=O)=O. The van der Waals surface area contributed by atoms with Crippen LogP contribution in [0.5, 0.6) is 0 Å². The van der Waals surface area contributed by atoms with Crippen molar-refractivity contribution >= 4 is 33.3 Å². The van der Waals surface area contributed by atoms with E-state index in [1.54, 1.807) is 6.07 Å². The smallest absolute Gasteiger partial charge is 0.249 e. The molecule has 1 aromatic carbocycles. The van der Waals surface area contributed by atoms with Crippen LogP contribution in [0, 0.1) is 5.92 Å². The molecule has 2 N–H and O–H groups in total. The second-order valence-electron chi connectivity index (χ2n) is 9.28. The van der Waals surface area contributed by atoms with Crippen molar-refractivity contribution in [3.8, 4) is 11.5 Å². The first-order valence-electron chi connectivity index (χ1n) is 11.8. The number of hydrogen-bond acceptors (Lipinski definition) is 8. The van der Waals surface area contributed by atoms with Crippen molar-refractivity contribution in [2.24, 2.45) is 5.92 Å². The predicted molar refractivity (Wildman–Crippen MR) is 136 cm³/mol. The van der Waals surface area contributed by atoms with E-state index in [4.69, 9.17) is 16.0 Å². The summed E-state index contributed by atoms with van der Waals surface area (Å²) < 4.78 is 31.7. The first kappa shape index (κ1) is 24.0. The normalized spacial score (nSPS) is 20.5. The molecule has 2 atom stereocenters. The lowest BCUT2D eigenvalue weighted by atomic mass is 9.85. The lowest BCUT2D eigenvalue weighted by molar-refractivity contribution is 0.303. The molecule has 3 heterocycles. The molecule has 35 heavy (non-hydrogen) atoms. The molecule has 3 aromatic rings. The maximum absolute atomic E-state index is 12.2. The molecule has 1 aliphatic carbocycles. The Balaban J connectivity index is 1.50. The second-order valence-corrected chi connectivity index (χ2v) is 11.7. The molecule has 0 bridgehead atoms. The molecule has 1 saturated carbocycles. The third kappa shape index (κ3) is 5.29. The predicted octanol–water partition coefficient (Wildman–Crippen LogP) is 4.21. The Labute approximate surface area is 210 Å². The van der Waals surface area contributed by atoms with Gasteiger partial charge >= 0.3 is 0 Å². The van der Waals surface area contributed by atoms with Gasteiger partial charge in [0, 0.05) is 19.5 Å². The molecule has 11 heteroatoms. The number of nitrogens with zero attached hydrogens (tertiary/aromatic N) is 4. The Bertz CT molecular complexity index is 1300. The zero-order valence-corrected chi connectivity index (χ0v) is 21.3. The monoisotopic (exact) mass is 516 g/mol. The van der Waals surface area contributed by atoms with Crippen LogP contribution < -0.4 is 14.9 Å². The van der Waals surface area contributed by atoms with Crippen LogP contribution in [-0.2, 0) is 10.0 Å². The number of hydrogen-bond donors (Lipinski definition) is 2. The fourth-order valence-electron chi connectivity index (χ4n) is 4.38. The molecule has 1 aliphatic heterocycles. The van der Waals surface area contributed by atoms with Gasteiger partial charge in [-0.25, -0.2) is 13.4 Å². The third-order valence-corrected chi connectivity index (χ3v) is 8.17. The Morgan fingerprint density at radius 1 is 1.20 bits per heavy atom. The van der Waals surface area contributed by atoms with Gasteiger partial charge in [0.2, 0.25) is 21.8 Å². The van der Waals surface area contributed by atoms with Crippen LogP contribution in [0.3, 0.4) is 0 Å². The standard InChI is InChI=1S/C24H29ClN6O3S/c1-31(35(2,32)33)22-20(25)18(13-19(28-22)27-14-15-10-11-15)23-29-30-24(34-23)21-17(9-6-12-26-21)16-7-4-3-5-8-16/h3-5,7-8,13,15,17,21,26H,6,9-12,14H2,1-2H3,(H,27,28)/t17-,21-/m0/s1. The fourth-order valence-corrected chi connectivity index (χ4v) is 5.18. The van der Waals surface area contributed by atoms with Crippen LogP contribution in [0.1, 0.15) is 49.1 Å². The molecular weight excluding hydrogens is 488 g/mol. The summed E-state index contributed by atoms with van der Waals surface area (Å²) in [5.74, 6) is 2.14. The summed E-state index contributed by atoms with van der Waals surface area (Å²) in [4.78, 5) is 4.47. The average molecular weight is 517 g/mol. The number of nitrogens with one attached hydrogen (secondary N) is 2. The number of aromatic nitrogens is 3. The van der Waals surface area contributed by atoms with Gasteiger partial charge < -0.3 is 15.1 Å². The zero-order chi connectivity index (χ0) is 24.6. The van der Waals surface area contributed by atoms with E-state index in [2.05, 4.69) is 37.9 Å². The molecular formula is C24H29ClN6O3S. The van der Waals surface area contributed by atoms with Gasteiger partial charge in [-0.1, -0.05) is 41.9 Å². The van der Waals surface area contributed by atoms with E-state index in [0.717, 1.165) is 36.5 Å². The molecule has 0 radical (unpaired) electrons. The van der Waals surface area contributed by atoms with E-state index in [-0.39, 0.29) is 28.7 Å². The highest BCUT2D eigenvalue weighted by Crippen LogP contribution is 2.40. The number of rotatable bonds is 8. The Hall–Kier alpha value is -2.69. The van der Waals surface area contributed by atoms with Crippen molar-refractivity contribution < 1.29 is 12.8 Å². The van der Waals surface area contributed by atoms with Gasteiger partial charge in [0.05, 0.1) is 22.9 Å². The lowest BCUT2D eigenvalue weighted by Gasteiger charge is -2.30. The van der Waals surface area contributed by atoms with Gasteiger partial charge in [0.15, 0.2) is 5.82 Å². The Kier molecular flexibility index (Phi) is 6.69. The average Bonchev–Trinajstić information content (AvgIpc) is 3.57. The third-order valence-electron chi connectivity index (χ3n) is 6.63. The van der Waals surface area contributed by atoms with Crippen molar-refractivity contribution in [2.45, 2.75) is 37.6 Å². The van der Waals surface area contributed by atoms with Crippen LogP contribution in [0.15, 0.2) is 40.8 Å². The molecule has 5 rings (SSSR count). The Morgan fingerprint density at radius 3 is 2.69 bits per heavy atom. The zero-order valence-electron chi connectivity index (χ0n) is 19.7. The molecule has 2 aliphatic rings. The van der Waals surface area contributed by atoms with Crippen molar-refractivity contribution in [1.29, 1.82) is 0 Å². The van der Waals surface area contributed by atoms with E-state index in [0.29, 0.717) is 23.2 Å². The number of pyridine rings is 1. The van der Waals surface area contributed by atoms with Crippen LogP contribution in [0.4, 0.5) is 11.6 Å². The quantitative estimate of drug-likeness (QED) is 0.457. The van der Waals surface area contributed by atoms with Gasteiger partial charge in [-0.2, -0.15) is 0 Å². The summed E-state index contributed by atoms with van der Waals surface area (Å²) in [6.07, 6.45) is 5.53. The van der Waals surface area contributed by atoms with Crippen molar-refractivity contribution in [3.05, 3.63) is 52.9 Å². The van der Waals surface area contributed by atoms with Crippen LogP contribution in [0.25, 0.3) is 11.5 Å². The summed E-state index contributed by atoms with van der Waals surface area (Å²) in [5.41, 5.74) is 1.66. The number of piperidine rings is 1. The van der Waals surface area contributed by atoms with Gasteiger partial charge in [-0.15, -0.1) is 10.2 Å². The fraction of sp³-hybridized carbons (Fsp3) is 0.458. The highest BCUT2D eigenvalue weighted by atomic mass is 35.5. The van der Waals surface area contributed by atoms with E-state index < -0.39 is 10.0 Å². The van der Waals surface area contributed by atoms with Crippen molar-refractivity contribution in [3.63, 3.8) is 0 Å². The summed E-state index contributed by atoms with van der Waals surface area (Å²) in [7, 11) is -2.16. The van der Waals surface area contributed by atoms with Gasteiger partial charge in [0.25, 0.3) is 0 Å². The lowest BCUT2D eigenvalue weighted by Crippen LogP contribution is -2.33. The van der Waals surface area contributed by atoms with E-state index in [9.17, 15) is 8.42 Å². The van der Waals surface area contributed by atoms with Gasteiger partial charge in [0.1, 0.15) is 5.82 Å². The van der Waals surface area contributed by atoms with Crippen LogP contribution in [-0.4, -0.2) is 50.0 Å². The summed E-state index contributed by atoms with van der Waals surface area (Å²) >= 11 is 6.67. The van der Waals surface area contributed by atoms with E-state index >= 15 is 0 Å². The maximum atomic E-state index is 12.2. The summed E-state index contributed by atoms with van der Waals surface area (Å²) in [6, 6.07) is 11.9. The molecule has 0 amide bonds. The largest absolute Gasteiger partial charge is 0.419 e. The van der Waals surface area contributed by atoms with Crippen LogP contribution in [0.2, 0.25) is 5.02 Å². The number of anilines is 2. The molecule has 186 valence electrons. The minimum atomic E-state index is -3.58. The number of halogens is 1. The van der Waals surface area contributed by atoms with E-state index in [1.165, 1.54) is 25.5 Å². The minimum Gasteiger partial charge on any atom is -0.419 e. The molecule has 9 nitrogen and oxygen atoms in total. The van der Waals surface area contributed by atoms with Crippen LogP contribution >= 0.6 is 11.6 Å². The summed E-state index contributed by atoms with van der Waals surface area (Å²) in [6.45, 7) is 1.62. The van der Waals surface area contributed by atoms with Gasteiger partial charge in [-0.05, 0) is 49.8 Å². The minimum absolute atomic E-state index is 0.114. The van der Waals surface area contributed by atoms with Crippen molar-refractivity contribution in [2.75, 3.05) is 36.0 Å². The first-order valence-corrected chi connectivity index (χ1v) is 14.0. The van der Waals surface area contributed by atoms with Gasteiger partial charge in [-0.3, -0.25) is 4.31 Å². The number of benzene rings is 1. The molecule has 2 aromatic heterocycles. The summed E-state index contributed by atoms with van der Waals surface area (Å²) in [5, 5.41) is 15.6. The highest BCUT2D eigenvalue weighted by Gasteiger charge is 2.32.